The number of hydrogen-bond acceptors (Lipinski definition) is 4. The maximum atomic E-state index is 12.2. The van der Waals surface area contributed by atoms with Gasteiger partial charge >= 0.3 is 141 Å². The fourth-order valence-electron chi connectivity index (χ4n) is 2.88. The van der Waals surface area contributed by atoms with Crippen molar-refractivity contribution in [2.75, 3.05) is 6.61 Å². The molecule has 0 saturated carbocycles. The first kappa shape index (κ1) is 15.8. The van der Waals surface area contributed by atoms with Gasteiger partial charge in [0.15, 0.2) is 0 Å². The van der Waals surface area contributed by atoms with Crippen LogP contribution >= 0.6 is 0 Å². The Morgan fingerprint density at radius 2 is 1.74 bits per heavy atom. The Bertz CT molecular complexity index is 750. The van der Waals surface area contributed by atoms with Crippen molar-refractivity contribution in [2.45, 2.75) is 17.3 Å². The predicted molar refractivity (Wildman–Crippen MR) is 88.6 cm³/mol. The van der Waals surface area contributed by atoms with Crippen LogP contribution in [0.5, 0.6) is 0 Å². The maximum absolute atomic E-state index is 12.2. The molecule has 2 aromatic rings. The third-order valence-corrected chi connectivity index (χ3v) is 5.44. The molecule has 1 aliphatic rings. The van der Waals surface area contributed by atoms with Gasteiger partial charge in [0.1, 0.15) is 0 Å². The number of rotatable bonds is 4. The monoisotopic (exact) mass is 372 g/mol. The van der Waals surface area contributed by atoms with Crippen molar-refractivity contribution in [3.05, 3.63) is 59.7 Å². The molecule has 3 rings (SSSR count). The zero-order valence-electron chi connectivity index (χ0n) is 12.7. The average Bonchev–Trinajstić information content (AvgIpc) is 2.87. The Morgan fingerprint density at radius 3 is 2.26 bits per heavy atom. The molecule has 0 fully saturated rings. The number of esters is 1. The van der Waals surface area contributed by atoms with E-state index in [1.165, 1.54) is 11.1 Å². The van der Waals surface area contributed by atoms with E-state index in [2.05, 4.69) is 24.3 Å². The van der Waals surface area contributed by atoms with E-state index >= 15 is 0 Å². The molecule has 0 aliphatic heterocycles. The summed E-state index contributed by atoms with van der Waals surface area (Å²) in [6.07, 6.45) is 0. The number of fused-ring (bicyclic) bond motifs is 3. The number of benzene rings is 2. The molecular weight excluding hydrogens is 355 g/mol. The zero-order chi connectivity index (χ0) is 16.4. The number of nitrogens with two attached hydrogens (primary N) is 1. The average molecular weight is 371 g/mol. The number of nitriles is 1. The van der Waals surface area contributed by atoms with Crippen LogP contribution in [0, 0.1) is 10.2 Å². The van der Waals surface area contributed by atoms with Crippen LogP contribution in [0.25, 0.3) is 11.1 Å². The zero-order valence-corrected chi connectivity index (χ0v) is 14.4. The van der Waals surface area contributed by atoms with E-state index < -0.39 is 25.4 Å². The van der Waals surface area contributed by atoms with Crippen LogP contribution in [0.2, 0.25) is 0 Å². The summed E-state index contributed by atoms with van der Waals surface area (Å²) >= 11 is -0.643. The van der Waals surface area contributed by atoms with Gasteiger partial charge in [-0.3, -0.25) is 0 Å². The first-order chi connectivity index (χ1) is 11.0. The molecule has 1 unspecified atom stereocenters. The molecular formula is C18H16N2O2Se. The number of hydrogen-bond donors (Lipinski definition) is 1. The fourth-order valence-corrected chi connectivity index (χ4v) is 3.57. The summed E-state index contributed by atoms with van der Waals surface area (Å²) in [5.74, 6) is -0.502. The number of ether oxygens (including phenoxy) is 1. The predicted octanol–water partition coefficient (Wildman–Crippen LogP) is 2.20. The Labute approximate surface area is 141 Å². The summed E-state index contributed by atoms with van der Waals surface area (Å²) in [4.78, 5) is 14.1. The first-order valence-corrected chi connectivity index (χ1v) is 8.97. The van der Waals surface area contributed by atoms with Gasteiger partial charge in [0.05, 0.1) is 0 Å². The molecule has 1 atom stereocenters. The van der Waals surface area contributed by atoms with Crippen LogP contribution < -0.4 is 5.73 Å². The van der Waals surface area contributed by atoms with Crippen molar-refractivity contribution in [2.24, 2.45) is 5.73 Å². The fraction of sp³-hybridized carbons (Fsp3) is 0.222. The summed E-state index contributed by atoms with van der Waals surface area (Å²) in [7, 11) is 0. The molecule has 2 N–H and O–H groups in total. The molecule has 1 aliphatic carbocycles. The van der Waals surface area contributed by atoms with Crippen molar-refractivity contribution in [1.29, 1.82) is 5.26 Å². The van der Waals surface area contributed by atoms with Crippen LogP contribution in [0.3, 0.4) is 0 Å². The van der Waals surface area contributed by atoms with Gasteiger partial charge in [0.2, 0.25) is 0 Å². The molecule has 0 spiro atoms. The van der Waals surface area contributed by atoms with Crippen molar-refractivity contribution in [3.63, 3.8) is 0 Å². The summed E-state index contributed by atoms with van der Waals surface area (Å²) in [6, 6.07) is 16.3. The molecule has 0 saturated heterocycles. The van der Waals surface area contributed by atoms with Gasteiger partial charge in [0, 0.05) is 0 Å². The summed E-state index contributed by atoms with van der Waals surface area (Å²) < 4.78 is 4.25. The molecule has 0 radical (unpaired) electrons. The number of carbonyl (C=O) groups excluding carboxylic acids is 1. The molecule has 0 amide bonds. The van der Waals surface area contributed by atoms with Crippen LogP contribution in [0.4, 0.5) is 0 Å². The van der Waals surface area contributed by atoms with E-state index in [-0.39, 0.29) is 12.5 Å². The van der Waals surface area contributed by atoms with E-state index in [0.717, 1.165) is 11.1 Å². The summed E-state index contributed by atoms with van der Waals surface area (Å²) in [5, 5.41) is 8.78. The van der Waals surface area contributed by atoms with E-state index in [1.54, 1.807) is 6.92 Å². The Hall–Kier alpha value is -2.12. The standard InChI is InChI=1S/C18H16N2O2Se/c1-18(20,23-11-19)17(21)22-10-16-14-8-4-2-6-12(14)13-7-3-5-9-15(13)16/h2-9,16H,10,20H2,1H3. The van der Waals surface area contributed by atoms with Crippen molar-refractivity contribution in [1.82, 2.24) is 0 Å². The Kier molecular flexibility index (Phi) is 4.23. The van der Waals surface area contributed by atoms with Gasteiger partial charge in [0.25, 0.3) is 0 Å². The normalized spacial score (nSPS) is 15.2. The van der Waals surface area contributed by atoms with E-state index in [4.69, 9.17) is 15.7 Å². The van der Waals surface area contributed by atoms with Gasteiger partial charge in [-0.2, -0.15) is 0 Å². The molecule has 2 aromatic carbocycles. The van der Waals surface area contributed by atoms with Crippen molar-refractivity contribution >= 4 is 20.9 Å². The van der Waals surface area contributed by atoms with Gasteiger partial charge in [-0.1, -0.05) is 0 Å². The van der Waals surface area contributed by atoms with E-state index in [9.17, 15) is 4.79 Å². The summed E-state index contributed by atoms with van der Waals surface area (Å²) in [6.45, 7) is 1.79. The van der Waals surface area contributed by atoms with Gasteiger partial charge < -0.3 is 0 Å². The molecule has 0 aromatic heterocycles. The third kappa shape index (κ3) is 2.89. The van der Waals surface area contributed by atoms with E-state index in [0.29, 0.717) is 0 Å². The first-order valence-electron chi connectivity index (χ1n) is 7.26. The van der Waals surface area contributed by atoms with Crippen LogP contribution in [-0.2, 0) is 9.53 Å². The molecule has 0 heterocycles. The topological polar surface area (TPSA) is 76.1 Å². The molecule has 0 bridgehead atoms. The van der Waals surface area contributed by atoms with Gasteiger partial charge in [-0.25, -0.2) is 0 Å². The molecule has 4 nitrogen and oxygen atoms in total. The van der Waals surface area contributed by atoms with Crippen LogP contribution in [-0.4, -0.2) is 32.0 Å². The second-order valence-electron chi connectivity index (χ2n) is 5.63. The second-order valence-corrected chi connectivity index (χ2v) is 8.22. The van der Waals surface area contributed by atoms with Crippen LogP contribution in [0.15, 0.2) is 48.5 Å². The quantitative estimate of drug-likeness (QED) is 0.660. The minimum atomic E-state index is -1.21. The number of nitrogens with zero attached hydrogens (tertiary/aromatic N) is 1. The van der Waals surface area contributed by atoms with Crippen LogP contribution in [0.1, 0.15) is 24.0 Å². The van der Waals surface area contributed by atoms with Gasteiger partial charge in [-0.05, 0) is 0 Å². The molecule has 5 heteroatoms. The van der Waals surface area contributed by atoms with E-state index in [1.807, 2.05) is 29.2 Å². The Balaban J connectivity index is 1.84. The molecule has 116 valence electrons. The minimum absolute atomic E-state index is 0.0109. The van der Waals surface area contributed by atoms with Crippen molar-refractivity contribution in [3.8, 4) is 16.1 Å². The third-order valence-electron chi connectivity index (χ3n) is 4.01. The van der Waals surface area contributed by atoms with Gasteiger partial charge in [-0.15, -0.1) is 0 Å². The summed E-state index contributed by atoms with van der Waals surface area (Å²) in [5.41, 5.74) is 10.6. The second kappa shape index (κ2) is 6.17. The SMILES string of the molecule is CC(N)([Se]C#N)C(=O)OCC1c2ccccc2-c2ccccc21. The Morgan fingerprint density at radius 1 is 1.22 bits per heavy atom. The van der Waals surface area contributed by atoms with Crippen molar-refractivity contribution < 1.29 is 9.53 Å². The molecule has 23 heavy (non-hydrogen) atoms. The number of carbonyl (C=O) groups is 1.